The van der Waals surface area contributed by atoms with Crippen molar-refractivity contribution >= 4 is 5.91 Å². The van der Waals surface area contributed by atoms with Crippen LogP contribution in [-0.2, 0) is 9.53 Å². The molecule has 0 bridgehead atoms. The van der Waals surface area contributed by atoms with Gasteiger partial charge in [-0.25, -0.2) is 0 Å². The van der Waals surface area contributed by atoms with Gasteiger partial charge in [0.15, 0.2) is 0 Å². The summed E-state index contributed by atoms with van der Waals surface area (Å²) < 4.78 is 5.49. The van der Waals surface area contributed by atoms with Gasteiger partial charge in [-0.15, -0.1) is 0 Å². The van der Waals surface area contributed by atoms with Crippen molar-refractivity contribution in [1.82, 2.24) is 4.90 Å². The Labute approximate surface area is 97.1 Å². The van der Waals surface area contributed by atoms with Crippen LogP contribution in [0.2, 0.25) is 0 Å². The highest BCUT2D eigenvalue weighted by molar-refractivity contribution is 5.76. The van der Waals surface area contributed by atoms with E-state index < -0.39 is 0 Å². The van der Waals surface area contributed by atoms with Crippen LogP contribution < -0.4 is 5.73 Å². The SMILES string of the molecule is NCC1CCN(C(=O)CC2CCCO2)CC1. The minimum atomic E-state index is 0.180. The fourth-order valence-corrected chi connectivity index (χ4v) is 2.55. The highest BCUT2D eigenvalue weighted by Gasteiger charge is 2.25. The van der Waals surface area contributed by atoms with Crippen LogP contribution in [-0.4, -0.2) is 43.2 Å². The lowest BCUT2D eigenvalue weighted by Crippen LogP contribution is -2.41. The fraction of sp³-hybridized carbons (Fsp3) is 0.917. The van der Waals surface area contributed by atoms with E-state index in [1.54, 1.807) is 0 Å². The van der Waals surface area contributed by atoms with Gasteiger partial charge < -0.3 is 15.4 Å². The van der Waals surface area contributed by atoms with E-state index in [0.717, 1.165) is 51.9 Å². The molecule has 2 rings (SSSR count). The molecule has 1 amide bonds. The van der Waals surface area contributed by atoms with Crippen molar-refractivity contribution in [2.45, 2.75) is 38.2 Å². The Morgan fingerprint density at radius 2 is 2.06 bits per heavy atom. The molecule has 0 aromatic rings. The lowest BCUT2D eigenvalue weighted by atomic mass is 9.97. The summed E-state index contributed by atoms with van der Waals surface area (Å²) in [5, 5.41) is 0. The molecule has 1 atom stereocenters. The molecule has 0 aliphatic carbocycles. The lowest BCUT2D eigenvalue weighted by Gasteiger charge is -2.32. The number of amides is 1. The molecule has 0 aromatic carbocycles. The third-order valence-electron chi connectivity index (χ3n) is 3.73. The first kappa shape index (κ1) is 11.9. The zero-order valence-electron chi connectivity index (χ0n) is 9.86. The first-order valence-corrected chi connectivity index (χ1v) is 6.39. The molecule has 4 heteroatoms. The lowest BCUT2D eigenvalue weighted by molar-refractivity contribution is -0.134. The summed E-state index contributed by atoms with van der Waals surface area (Å²) in [6, 6.07) is 0. The van der Waals surface area contributed by atoms with Gasteiger partial charge in [0.1, 0.15) is 0 Å². The molecule has 2 saturated heterocycles. The Morgan fingerprint density at radius 1 is 1.31 bits per heavy atom. The average Bonchev–Trinajstić information content (AvgIpc) is 2.82. The highest BCUT2D eigenvalue weighted by Crippen LogP contribution is 2.20. The molecular weight excluding hydrogens is 204 g/mol. The zero-order chi connectivity index (χ0) is 11.4. The van der Waals surface area contributed by atoms with E-state index in [1.165, 1.54) is 0 Å². The number of nitrogens with two attached hydrogens (primary N) is 1. The van der Waals surface area contributed by atoms with Crippen LogP contribution in [0.15, 0.2) is 0 Å². The Kier molecular flexibility index (Phi) is 4.18. The molecular formula is C12H22N2O2. The minimum Gasteiger partial charge on any atom is -0.378 e. The molecule has 2 heterocycles. The smallest absolute Gasteiger partial charge is 0.225 e. The van der Waals surface area contributed by atoms with Crippen LogP contribution in [0.3, 0.4) is 0 Å². The number of nitrogens with zero attached hydrogens (tertiary/aromatic N) is 1. The van der Waals surface area contributed by atoms with Gasteiger partial charge in [-0.05, 0) is 38.1 Å². The Balaban J connectivity index is 1.73. The normalized spacial score (nSPS) is 27.3. The molecule has 16 heavy (non-hydrogen) atoms. The molecule has 0 saturated carbocycles. The summed E-state index contributed by atoms with van der Waals surface area (Å²) in [5.74, 6) is 0.883. The molecule has 4 nitrogen and oxygen atoms in total. The van der Waals surface area contributed by atoms with E-state index in [4.69, 9.17) is 10.5 Å². The topological polar surface area (TPSA) is 55.6 Å². The van der Waals surface area contributed by atoms with Gasteiger partial charge in [0.2, 0.25) is 5.91 Å². The van der Waals surface area contributed by atoms with Crippen molar-refractivity contribution in [1.29, 1.82) is 0 Å². The van der Waals surface area contributed by atoms with Crippen molar-refractivity contribution in [3.05, 3.63) is 0 Å². The Hall–Kier alpha value is -0.610. The Bertz CT molecular complexity index is 231. The first-order valence-electron chi connectivity index (χ1n) is 6.39. The van der Waals surface area contributed by atoms with Gasteiger partial charge in [0.25, 0.3) is 0 Å². The van der Waals surface area contributed by atoms with Gasteiger partial charge in [0, 0.05) is 19.7 Å². The van der Waals surface area contributed by atoms with Crippen LogP contribution in [0.5, 0.6) is 0 Å². The summed E-state index contributed by atoms with van der Waals surface area (Å²) in [5.41, 5.74) is 5.63. The number of piperidine rings is 1. The molecule has 0 spiro atoms. The highest BCUT2D eigenvalue weighted by atomic mass is 16.5. The largest absolute Gasteiger partial charge is 0.378 e. The number of hydrogen-bond acceptors (Lipinski definition) is 3. The van der Waals surface area contributed by atoms with Gasteiger partial charge >= 0.3 is 0 Å². The van der Waals surface area contributed by atoms with Crippen molar-refractivity contribution in [2.24, 2.45) is 11.7 Å². The predicted octanol–water partition coefficient (Wildman–Crippen LogP) is 0.753. The summed E-state index contributed by atoms with van der Waals surface area (Å²) >= 11 is 0. The van der Waals surface area contributed by atoms with Crippen LogP contribution >= 0.6 is 0 Å². The van der Waals surface area contributed by atoms with Crippen LogP contribution in [0.25, 0.3) is 0 Å². The second-order valence-corrected chi connectivity index (χ2v) is 4.90. The summed E-state index contributed by atoms with van der Waals surface area (Å²) in [6.45, 7) is 3.35. The molecule has 2 aliphatic rings. The third-order valence-corrected chi connectivity index (χ3v) is 3.73. The van der Waals surface area contributed by atoms with Gasteiger partial charge in [-0.2, -0.15) is 0 Å². The zero-order valence-corrected chi connectivity index (χ0v) is 9.86. The van der Waals surface area contributed by atoms with Gasteiger partial charge in [-0.1, -0.05) is 0 Å². The number of rotatable bonds is 3. The van der Waals surface area contributed by atoms with E-state index in [1.807, 2.05) is 4.90 Å². The second kappa shape index (κ2) is 5.64. The maximum atomic E-state index is 12.0. The molecule has 2 N–H and O–H groups in total. The maximum Gasteiger partial charge on any atom is 0.225 e. The number of ether oxygens (including phenoxy) is 1. The average molecular weight is 226 g/mol. The third kappa shape index (κ3) is 2.95. The predicted molar refractivity (Wildman–Crippen MR) is 61.9 cm³/mol. The number of hydrogen-bond donors (Lipinski definition) is 1. The second-order valence-electron chi connectivity index (χ2n) is 4.90. The Morgan fingerprint density at radius 3 is 2.62 bits per heavy atom. The van der Waals surface area contributed by atoms with Crippen molar-refractivity contribution in [3.8, 4) is 0 Å². The maximum absolute atomic E-state index is 12.0. The molecule has 92 valence electrons. The molecule has 0 radical (unpaired) electrons. The molecule has 0 aromatic heterocycles. The van der Waals surface area contributed by atoms with Gasteiger partial charge in [-0.3, -0.25) is 4.79 Å². The van der Waals surface area contributed by atoms with E-state index >= 15 is 0 Å². The summed E-state index contributed by atoms with van der Waals surface area (Å²) in [4.78, 5) is 13.9. The summed E-state index contributed by atoms with van der Waals surface area (Å²) in [6.07, 6.45) is 5.03. The van der Waals surface area contributed by atoms with Crippen LogP contribution in [0.4, 0.5) is 0 Å². The summed E-state index contributed by atoms with van der Waals surface area (Å²) in [7, 11) is 0. The van der Waals surface area contributed by atoms with Crippen molar-refractivity contribution < 1.29 is 9.53 Å². The van der Waals surface area contributed by atoms with E-state index in [0.29, 0.717) is 12.3 Å². The number of carbonyl (C=O) groups is 1. The number of carbonyl (C=O) groups excluding carboxylic acids is 1. The van der Waals surface area contributed by atoms with Crippen LogP contribution in [0.1, 0.15) is 32.1 Å². The van der Waals surface area contributed by atoms with E-state index in [-0.39, 0.29) is 12.0 Å². The van der Waals surface area contributed by atoms with E-state index in [9.17, 15) is 4.79 Å². The van der Waals surface area contributed by atoms with E-state index in [2.05, 4.69) is 0 Å². The minimum absolute atomic E-state index is 0.180. The fourth-order valence-electron chi connectivity index (χ4n) is 2.55. The standard InChI is InChI=1S/C12H22N2O2/c13-9-10-3-5-14(6-4-10)12(15)8-11-2-1-7-16-11/h10-11H,1-9,13H2. The van der Waals surface area contributed by atoms with Crippen molar-refractivity contribution in [2.75, 3.05) is 26.2 Å². The quantitative estimate of drug-likeness (QED) is 0.772. The first-order chi connectivity index (χ1) is 7.79. The number of likely N-dealkylation sites (tertiary alicyclic amines) is 1. The van der Waals surface area contributed by atoms with Gasteiger partial charge in [0.05, 0.1) is 12.5 Å². The van der Waals surface area contributed by atoms with Crippen LogP contribution in [0, 0.1) is 5.92 Å². The molecule has 2 aliphatic heterocycles. The monoisotopic (exact) mass is 226 g/mol. The molecule has 1 unspecified atom stereocenters. The van der Waals surface area contributed by atoms with Crippen molar-refractivity contribution in [3.63, 3.8) is 0 Å². The molecule has 2 fully saturated rings.